The van der Waals surface area contributed by atoms with Crippen LogP contribution in [0.4, 0.5) is 0 Å². The van der Waals surface area contributed by atoms with Crippen molar-refractivity contribution in [3.8, 4) is 11.5 Å². The van der Waals surface area contributed by atoms with Crippen molar-refractivity contribution in [2.24, 2.45) is 0 Å². The molecule has 0 radical (unpaired) electrons. The zero-order valence-electron chi connectivity index (χ0n) is 13.0. The Morgan fingerprint density at radius 1 is 1.24 bits per heavy atom. The monoisotopic (exact) mass is 317 g/mol. The molecule has 120 valence electrons. The molecule has 1 atom stereocenters. The summed E-state index contributed by atoms with van der Waals surface area (Å²) in [6, 6.07) is 5.66. The maximum absolute atomic E-state index is 11.6. The molecular weight excluding hydrogens is 294 g/mol. The maximum Gasteiger partial charge on any atom is 0.347 e. The van der Waals surface area contributed by atoms with E-state index in [2.05, 4.69) is 5.32 Å². The van der Waals surface area contributed by atoms with Gasteiger partial charge >= 0.3 is 5.97 Å². The van der Waals surface area contributed by atoms with Gasteiger partial charge in [-0.25, -0.2) is 4.79 Å². The third kappa shape index (κ3) is 6.23. The van der Waals surface area contributed by atoms with Crippen molar-refractivity contribution in [3.05, 3.63) is 23.8 Å². The van der Waals surface area contributed by atoms with Gasteiger partial charge in [0, 0.05) is 6.54 Å². The Labute approximate surface area is 132 Å². The molecular formula is C15H24ClNO4. The van der Waals surface area contributed by atoms with Crippen molar-refractivity contribution in [2.45, 2.75) is 33.4 Å². The highest BCUT2D eigenvalue weighted by atomic mass is 35.5. The molecule has 1 rings (SSSR count). The van der Waals surface area contributed by atoms with Gasteiger partial charge in [0.15, 0.2) is 17.6 Å². The molecule has 0 aliphatic carbocycles. The summed E-state index contributed by atoms with van der Waals surface area (Å²) in [6.45, 7) is 6.95. The van der Waals surface area contributed by atoms with Crippen LogP contribution in [-0.2, 0) is 16.1 Å². The molecule has 0 aliphatic heterocycles. The predicted octanol–water partition coefficient (Wildman–Crippen LogP) is 2.56. The highest BCUT2D eigenvalue weighted by Crippen LogP contribution is 2.29. The number of benzene rings is 1. The van der Waals surface area contributed by atoms with Gasteiger partial charge < -0.3 is 19.5 Å². The summed E-state index contributed by atoms with van der Waals surface area (Å²) in [5.74, 6) is 0.804. The van der Waals surface area contributed by atoms with Crippen LogP contribution in [0.2, 0.25) is 0 Å². The van der Waals surface area contributed by atoms with E-state index in [0.29, 0.717) is 24.7 Å². The highest BCUT2D eigenvalue weighted by Gasteiger charge is 2.18. The molecule has 1 aromatic carbocycles. The smallest absolute Gasteiger partial charge is 0.347 e. The van der Waals surface area contributed by atoms with Gasteiger partial charge in [0.05, 0.1) is 13.2 Å². The average molecular weight is 318 g/mol. The summed E-state index contributed by atoms with van der Waals surface area (Å²) in [5, 5.41) is 3.08. The SMILES string of the molecule is CCOC(=O)C(C)Oc1ccc(CNC)cc1OCC.Cl. The van der Waals surface area contributed by atoms with E-state index in [-0.39, 0.29) is 18.4 Å². The lowest BCUT2D eigenvalue weighted by Crippen LogP contribution is -2.26. The summed E-state index contributed by atoms with van der Waals surface area (Å²) in [5.41, 5.74) is 1.09. The topological polar surface area (TPSA) is 56.8 Å². The quantitative estimate of drug-likeness (QED) is 0.747. The van der Waals surface area contributed by atoms with E-state index in [1.807, 2.05) is 32.2 Å². The Balaban J connectivity index is 0.00000400. The second-order valence-electron chi connectivity index (χ2n) is 4.26. The van der Waals surface area contributed by atoms with Crippen LogP contribution in [0.3, 0.4) is 0 Å². The third-order valence-electron chi connectivity index (χ3n) is 2.61. The van der Waals surface area contributed by atoms with Gasteiger partial charge in [0.1, 0.15) is 0 Å². The predicted molar refractivity (Wildman–Crippen MR) is 84.3 cm³/mol. The fourth-order valence-corrected chi connectivity index (χ4v) is 1.73. The molecule has 0 amide bonds. The van der Waals surface area contributed by atoms with Gasteiger partial charge in [0.25, 0.3) is 0 Å². The number of carbonyl (C=O) groups excluding carboxylic acids is 1. The highest BCUT2D eigenvalue weighted by molar-refractivity contribution is 5.85. The molecule has 0 bridgehead atoms. The minimum atomic E-state index is -0.663. The Hall–Kier alpha value is -1.46. The van der Waals surface area contributed by atoms with Crippen LogP contribution in [0.25, 0.3) is 0 Å². The van der Waals surface area contributed by atoms with E-state index >= 15 is 0 Å². The second kappa shape index (κ2) is 10.3. The van der Waals surface area contributed by atoms with Crippen LogP contribution in [0.1, 0.15) is 26.3 Å². The van der Waals surface area contributed by atoms with Crippen molar-refractivity contribution in [1.82, 2.24) is 5.32 Å². The lowest BCUT2D eigenvalue weighted by molar-refractivity contribution is -0.150. The lowest BCUT2D eigenvalue weighted by Gasteiger charge is -2.17. The Bertz CT molecular complexity index is 440. The summed E-state index contributed by atoms with van der Waals surface area (Å²) in [7, 11) is 1.88. The number of hydrogen-bond acceptors (Lipinski definition) is 5. The first-order valence-corrected chi connectivity index (χ1v) is 6.85. The van der Waals surface area contributed by atoms with Gasteiger partial charge in [-0.3, -0.25) is 0 Å². The summed E-state index contributed by atoms with van der Waals surface area (Å²) >= 11 is 0. The molecule has 5 nitrogen and oxygen atoms in total. The number of halogens is 1. The Morgan fingerprint density at radius 2 is 1.95 bits per heavy atom. The Morgan fingerprint density at radius 3 is 2.52 bits per heavy atom. The second-order valence-corrected chi connectivity index (χ2v) is 4.26. The van der Waals surface area contributed by atoms with Crippen LogP contribution < -0.4 is 14.8 Å². The zero-order chi connectivity index (χ0) is 15.0. The van der Waals surface area contributed by atoms with Crippen LogP contribution >= 0.6 is 12.4 Å². The van der Waals surface area contributed by atoms with Crippen molar-refractivity contribution >= 4 is 18.4 Å². The minimum Gasteiger partial charge on any atom is -0.490 e. The number of hydrogen-bond donors (Lipinski definition) is 1. The van der Waals surface area contributed by atoms with E-state index in [1.165, 1.54) is 0 Å². The summed E-state index contributed by atoms with van der Waals surface area (Å²) in [6.07, 6.45) is -0.663. The fourth-order valence-electron chi connectivity index (χ4n) is 1.73. The van der Waals surface area contributed by atoms with Crippen LogP contribution in [0.5, 0.6) is 11.5 Å². The molecule has 0 aromatic heterocycles. The van der Waals surface area contributed by atoms with Crippen LogP contribution in [0.15, 0.2) is 18.2 Å². The third-order valence-corrected chi connectivity index (χ3v) is 2.61. The average Bonchev–Trinajstić information content (AvgIpc) is 2.42. The van der Waals surface area contributed by atoms with Crippen LogP contribution in [-0.4, -0.2) is 32.3 Å². The van der Waals surface area contributed by atoms with Gasteiger partial charge in [-0.15, -0.1) is 12.4 Å². The van der Waals surface area contributed by atoms with E-state index in [4.69, 9.17) is 14.2 Å². The molecule has 1 unspecified atom stereocenters. The van der Waals surface area contributed by atoms with Gasteiger partial charge in [-0.1, -0.05) is 6.07 Å². The zero-order valence-corrected chi connectivity index (χ0v) is 13.8. The number of ether oxygens (including phenoxy) is 3. The van der Waals surface area contributed by atoms with Gasteiger partial charge in [-0.05, 0) is 45.5 Å². The number of esters is 1. The van der Waals surface area contributed by atoms with Crippen molar-refractivity contribution in [3.63, 3.8) is 0 Å². The van der Waals surface area contributed by atoms with Crippen molar-refractivity contribution in [1.29, 1.82) is 0 Å². The van der Waals surface area contributed by atoms with Crippen LogP contribution in [0, 0.1) is 0 Å². The van der Waals surface area contributed by atoms with Crippen molar-refractivity contribution in [2.75, 3.05) is 20.3 Å². The van der Waals surface area contributed by atoms with Gasteiger partial charge in [-0.2, -0.15) is 0 Å². The number of rotatable bonds is 8. The number of carbonyl (C=O) groups is 1. The van der Waals surface area contributed by atoms with E-state index in [0.717, 1.165) is 12.1 Å². The molecule has 0 fully saturated rings. The van der Waals surface area contributed by atoms with E-state index < -0.39 is 6.10 Å². The minimum absolute atomic E-state index is 0. The molecule has 0 aliphatic rings. The maximum atomic E-state index is 11.6. The first kappa shape index (κ1) is 19.5. The molecule has 1 N–H and O–H groups in total. The molecule has 0 spiro atoms. The first-order chi connectivity index (χ1) is 9.62. The van der Waals surface area contributed by atoms with E-state index in [9.17, 15) is 4.79 Å². The molecule has 0 heterocycles. The first-order valence-electron chi connectivity index (χ1n) is 6.85. The summed E-state index contributed by atoms with van der Waals surface area (Å²) < 4.78 is 16.1. The largest absolute Gasteiger partial charge is 0.490 e. The fraction of sp³-hybridized carbons (Fsp3) is 0.533. The standard InChI is InChI=1S/C15H23NO4.ClH/c1-5-18-14-9-12(10-16-4)7-8-13(14)20-11(3)15(17)19-6-2;/h7-9,11,16H,5-6,10H2,1-4H3;1H. The molecule has 6 heteroatoms. The molecule has 1 aromatic rings. The molecule has 0 saturated heterocycles. The molecule has 21 heavy (non-hydrogen) atoms. The Kier molecular flexibility index (Phi) is 9.58. The normalized spacial score (nSPS) is 11.2. The number of nitrogens with one attached hydrogen (secondary N) is 1. The molecule has 0 saturated carbocycles. The lowest BCUT2D eigenvalue weighted by atomic mass is 10.2. The van der Waals surface area contributed by atoms with E-state index in [1.54, 1.807) is 13.8 Å². The summed E-state index contributed by atoms with van der Waals surface area (Å²) in [4.78, 5) is 11.6. The van der Waals surface area contributed by atoms with Crippen molar-refractivity contribution < 1.29 is 19.0 Å². The van der Waals surface area contributed by atoms with Gasteiger partial charge in [0.2, 0.25) is 0 Å².